The number of halogens is 1. The number of hydrogen-bond acceptors (Lipinski definition) is 4. The highest BCUT2D eigenvalue weighted by Gasteiger charge is 2.25. The van der Waals surface area contributed by atoms with Crippen molar-refractivity contribution in [2.45, 2.75) is 32.1 Å². The third-order valence-electron chi connectivity index (χ3n) is 4.18. The SMILES string of the molecule is O=C1NC(=O)/C(=C/c2cccc(OCCC3CCCC3)c2Cl)S1. The van der Waals surface area contributed by atoms with Gasteiger partial charge in [-0.05, 0) is 41.8 Å². The summed E-state index contributed by atoms with van der Waals surface area (Å²) in [6, 6.07) is 5.46. The Balaban J connectivity index is 1.67. The van der Waals surface area contributed by atoms with Crippen LogP contribution >= 0.6 is 23.4 Å². The summed E-state index contributed by atoms with van der Waals surface area (Å²) in [5.74, 6) is 1.00. The number of rotatable bonds is 5. The van der Waals surface area contributed by atoms with Crippen LogP contribution in [0.5, 0.6) is 5.75 Å². The third-order valence-corrected chi connectivity index (χ3v) is 5.40. The molecule has 2 fully saturated rings. The lowest BCUT2D eigenvalue weighted by Crippen LogP contribution is -2.17. The normalized spacial score (nSPS) is 20.3. The number of amides is 2. The first-order valence-electron chi connectivity index (χ1n) is 7.79. The van der Waals surface area contributed by atoms with Gasteiger partial charge in [-0.15, -0.1) is 0 Å². The quantitative estimate of drug-likeness (QED) is 0.786. The van der Waals surface area contributed by atoms with Crippen molar-refractivity contribution in [1.82, 2.24) is 5.32 Å². The Morgan fingerprint density at radius 3 is 2.78 bits per heavy atom. The number of thioether (sulfide) groups is 1. The Kier molecular flexibility index (Phi) is 5.28. The van der Waals surface area contributed by atoms with E-state index in [1.165, 1.54) is 25.7 Å². The first kappa shape index (κ1) is 16.4. The van der Waals surface area contributed by atoms with Gasteiger partial charge in [0.15, 0.2) is 0 Å². The number of ether oxygens (including phenoxy) is 1. The van der Waals surface area contributed by atoms with Crippen molar-refractivity contribution in [2.24, 2.45) is 5.92 Å². The monoisotopic (exact) mass is 351 g/mol. The van der Waals surface area contributed by atoms with Gasteiger partial charge in [-0.3, -0.25) is 14.9 Å². The first-order chi connectivity index (χ1) is 11.1. The van der Waals surface area contributed by atoms with Gasteiger partial charge in [0.05, 0.1) is 16.5 Å². The van der Waals surface area contributed by atoms with E-state index in [4.69, 9.17) is 16.3 Å². The average molecular weight is 352 g/mol. The summed E-state index contributed by atoms with van der Waals surface area (Å²) < 4.78 is 5.82. The molecule has 6 heteroatoms. The zero-order valence-electron chi connectivity index (χ0n) is 12.6. The Labute approximate surface area is 144 Å². The van der Waals surface area contributed by atoms with Gasteiger partial charge in [0, 0.05) is 0 Å². The van der Waals surface area contributed by atoms with Gasteiger partial charge < -0.3 is 4.74 Å². The largest absolute Gasteiger partial charge is 0.492 e. The van der Waals surface area contributed by atoms with E-state index in [9.17, 15) is 9.59 Å². The average Bonchev–Trinajstić information content (AvgIpc) is 3.13. The van der Waals surface area contributed by atoms with Crippen molar-refractivity contribution in [2.75, 3.05) is 6.61 Å². The lowest BCUT2D eigenvalue weighted by atomic mass is 10.1. The molecule has 0 unspecified atom stereocenters. The van der Waals surface area contributed by atoms with Gasteiger partial charge in [-0.1, -0.05) is 49.4 Å². The zero-order chi connectivity index (χ0) is 16.2. The molecule has 1 N–H and O–H groups in total. The van der Waals surface area contributed by atoms with Crippen molar-refractivity contribution in [3.63, 3.8) is 0 Å². The van der Waals surface area contributed by atoms with Crippen LogP contribution in [0.25, 0.3) is 6.08 Å². The molecule has 1 aromatic rings. The molecule has 0 aromatic heterocycles. The Hall–Kier alpha value is -1.46. The van der Waals surface area contributed by atoms with Gasteiger partial charge in [0.25, 0.3) is 11.1 Å². The third kappa shape index (κ3) is 4.09. The molecule has 1 aliphatic heterocycles. The van der Waals surface area contributed by atoms with Crippen LogP contribution in [0.3, 0.4) is 0 Å². The molecule has 2 aliphatic rings. The van der Waals surface area contributed by atoms with E-state index >= 15 is 0 Å². The van der Waals surface area contributed by atoms with Gasteiger partial charge >= 0.3 is 0 Å². The second-order valence-electron chi connectivity index (χ2n) is 5.80. The zero-order valence-corrected chi connectivity index (χ0v) is 14.2. The molecule has 3 rings (SSSR count). The maximum atomic E-state index is 11.6. The molecule has 1 saturated heterocycles. The molecular weight excluding hydrogens is 334 g/mol. The molecule has 1 heterocycles. The lowest BCUT2D eigenvalue weighted by molar-refractivity contribution is -0.115. The fourth-order valence-corrected chi connectivity index (χ4v) is 3.86. The Morgan fingerprint density at radius 1 is 1.30 bits per heavy atom. The van der Waals surface area contributed by atoms with Gasteiger partial charge in [-0.2, -0.15) is 0 Å². The van der Waals surface area contributed by atoms with Gasteiger partial charge in [0.1, 0.15) is 5.75 Å². The Bertz CT molecular complexity index is 653. The molecule has 1 aromatic carbocycles. The van der Waals surface area contributed by atoms with E-state index in [0.717, 1.165) is 24.1 Å². The highest BCUT2D eigenvalue weighted by molar-refractivity contribution is 8.18. The topological polar surface area (TPSA) is 55.4 Å². The molecule has 0 bridgehead atoms. The lowest BCUT2D eigenvalue weighted by Gasteiger charge is -2.12. The van der Waals surface area contributed by atoms with Crippen LogP contribution in [0.1, 0.15) is 37.7 Å². The maximum Gasteiger partial charge on any atom is 0.290 e. The second kappa shape index (κ2) is 7.41. The molecule has 0 radical (unpaired) electrons. The smallest absolute Gasteiger partial charge is 0.290 e. The molecule has 1 saturated carbocycles. The number of imide groups is 1. The maximum absolute atomic E-state index is 11.6. The van der Waals surface area contributed by atoms with Crippen LogP contribution < -0.4 is 10.1 Å². The van der Waals surface area contributed by atoms with Crippen molar-refractivity contribution in [3.05, 3.63) is 33.7 Å². The first-order valence-corrected chi connectivity index (χ1v) is 8.99. The fraction of sp³-hybridized carbons (Fsp3) is 0.412. The second-order valence-corrected chi connectivity index (χ2v) is 7.19. The predicted octanol–water partition coefficient (Wildman–Crippen LogP) is 4.62. The minimum absolute atomic E-state index is 0.347. The predicted molar refractivity (Wildman–Crippen MR) is 92.6 cm³/mol. The van der Waals surface area contributed by atoms with Crippen molar-refractivity contribution >= 4 is 40.6 Å². The van der Waals surface area contributed by atoms with Crippen molar-refractivity contribution in [1.29, 1.82) is 0 Å². The molecule has 0 spiro atoms. The molecule has 122 valence electrons. The van der Waals surface area contributed by atoms with E-state index in [2.05, 4.69) is 5.32 Å². The summed E-state index contributed by atoms with van der Waals surface area (Å²) in [5, 5.41) is 2.34. The number of benzene rings is 1. The van der Waals surface area contributed by atoms with E-state index in [-0.39, 0.29) is 11.1 Å². The van der Waals surface area contributed by atoms with Crippen LogP contribution in [-0.4, -0.2) is 17.8 Å². The van der Waals surface area contributed by atoms with Crippen LogP contribution in [0.4, 0.5) is 4.79 Å². The van der Waals surface area contributed by atoms with Crippen LogP contribution in [0.2, 0.25) is 5.02 Å². The summed E-state index contributed by atoms with van der Waals surface area (Å²) in [5.41, 5.74) is 0.678. The van der Waals surface area contributed by atoms with E-state index < -0.39 is 0 Å². The van der Waals surface area contributed by atoms with Gasteiger partial charge in [-0.25, -0.2) is 0 Å². The summed E-state index contributed by atoms with van der Waals surface area (Å²) in [6.45, 7) is 0.651. The molecule has 2 amide bonds. The van der Waals surface area contributed by atoms with E-state index in [1.54, 1.807) is 12.1 Å². The number of hydrogen-bond donors (Lipinski definition) is 1. The Morgan fingerprint density at radius 2 is 2.09 bits per heavy atom. The number of carbonyl (C=O) groups excluding carboxylic acids is 2. The summed E-state index contributed by atoms with van der Waals surface area (Å²) in [4.78, 5) is 23.2. The minimum atomic E-state index is -0.386. The molecule has 4 nitrogen and oxygen atoms in total. The summed E-state index contributed by atoms with van der Waals surface area (Å²) in [7, 11) is 0. The van der Waals surface area contributed by atoms with E-state index in [0.29, 0.717) is 27.8 Å². The number of nitrogens with one attached hydrogen (secondary N) is 1. The molecular formula is C17H18ClNO3S. The highest BCUT2D eigenvalue weighted by Crippen LogP contribution is 2.33. The fourth-order valence-electron chi connectivity index (χ4n) is 2.95. The standard InChI is InChI=1S/C17H18ClNO3S/c18-15-12(10-14-16(20)19-17(21)23-14)6-3-7-13(15)22-9-8-11-4-1-2-5-11/h3,6-7,10-11H,1-2,4-5,8-9H2,(H,19,20,21)/b14-10-. The van der Waals surface area contributed by atoms with E-state index in [1.807, 2.05) is 12.1 Å². The van der Waals surface area contributed by atoms with Crippen LogP contribution in [-0.2, 0) is 4.79 Å². The summed E-state index contributed by atoms with van der Waals surface area (Å²) >= 11 is 7.25. The molecule has 1 aliphatic carbocycles. The minimum Gasteiger partial charge on any atom is -0.492 e. The van der Waals surface area contributed by atoms with Crippen LogP contribution in [0.15, 0.2) is 23.1 Å². The highest BCUT2D eigenvalue weighted by atomic mass is 35.5. The molecule has 0 atom stereocenters. The van der Waals surface area contributed by atoms with Crippen molar-refractivity contribution in [3.8, 4) is 5.75 Å². The van der Waals surface area contributed by atoms with Crippen LogP contribution in [0, 0.1) is 5.92 Å². The summed E-state index contributed by atoms with van der Waals surface area (Å²) in [6.07, 6.45) is 7.92. The molecule has 23 heavy (non-hydrogen) atoms. The van der Waals surface area contributed by atoms with Gasteiger partial charge in [0.2, 0.25) is 0 Å². The van der Waals surface area contributed by atoms with Crippen molar-refractivity contribution < 1.29 is 14.3 Å². The number of carbonyl (C=O) groups is 2.